The van der Waals surface area contributed by atoms with Crippen LogP contribution >= 0.6 is 0 Å². The monoisotopic (exact) mass is 324 g/mol. The molecule has 0 fully saturated rings. The van der Waals surface area contributed by atoms with Crippen LogP contribution in [0.2, 0.25) is 0 Å². The van der Waals surface area contributed by atoms with Crippen LogP contribution < -0.4 is 10.5 Å². The molecule has 5 heteroatoms. The minimum Gasteiger partial charge on any atom is -0.493 e. The van der Waals surface area contributed by atoms with Crippen LogP contribution in [0, 0.1) is 5.92 Å². The van der Waals surface area contributed by atoms with E-state index in [4.69, 9.17) is 10.5 Å². The second-order valence-electron chi connectivity index (χ2n) is 6.02. The lowest BCUT2D eigenvalue weighted by Crippen LogP contribution is -2.44. The third-order valence-corrected chi connectivity index (χ3v) is 4.15. The van der Waals surface area contributed by atoms with Gasteiger partial charge in [0.25, 0.3) is 0 Å². The fraction of sp³-hybridized carbons (Fsp3) is 0.263. The van der Waals surface area contributed by atoms with E-state index >= 15 is 0 Å². The van der Waals surface area contributed by atoms with Crippen LogP contribution in [0.25, 0.3) is 0 Å². The van der Waals surface area contributed by atoms with E-state index in [0.717, 1.165) is 23.3 Å². The van der Waals surface area contributed by atoms with Gasteiger partial charge in [-0.2, -0.15) is 0 Å². The van der Waals surface area contributed by atoms with Crippen molar-refractivity contribution in [3.05, 3.63) is 65.7 Å². The van der Waals surface area contributed by atoms with Gasteiger partial charge in [-0.3, -0.25) is 9.59 Å². The first-order valence-corrected chi connectivity index (χ1v) is 7.97. The number of para-hydroxylation sites is 1. The molecular formula is C19H20N2O3. The zero-order chi connectivity index (χ0) is 16.9. The van der Waals surface area contributed by atoms with Crippen molar-refractivity contribution in [3.63, 3.8) is 0 Å². The Hall–Kier alpha value is -2.82. The Morgan fingerprint density at radius 1 is 1.08 bits per heavy atom. The molecular weight excluding hydrogens is 304 g/mol. The van der Waals surface area contributed by atoms with Crippen LogP contribution in [0.5, 0.6) is 5.75 Å². The van der Waals surface area contributed by atoms with E-state index in [-0.39, 0.29) is 5.92 Å². The molecule has 2 aromatic rings. The summed E-state index contributed by atoms with van der Waals surface area (Å²) < 4.78 is 5.77. The molecule has 2 N–H and O–H groups in total. The van der Waals surface area contributed by atoms with Gasteiger partial charge in [-0.1, -0.05) is 48.5 Å². The van der Waals surface area contributed by atoms with Crippen LogP contribution in [0.15, 0.2) is 54.6 Å². The number of benzene rings is 2. The van der Waals surface area contributed by atoms with E-state index in [1.165, 1.54) is 4.90 Å². The molecule has 1 heterocycles. The Morgan fingerprint density at radius 2 is 1.79 bits per heavy atom. The van der Waals surface area contributed by atoms with Crippen LogP contribution in [0.4, 0.5) is 0 Å². The lowest BCUT2D eigenvalue weighted by molar-refractivity contribution is -0.145. The molecule has 0 bridgehead atoms. The minimum absolute atomic E-state index is 0.131. The maximum absolute atomic E-state index is 12.2. The van der Waals surface area contributed by atoms with Crippen molar-refractivity contribution in [2.24, 2.45) is 11.7 Å². The second-order valence-corrected chi connectivity index (χ2v) is 6.02. The molecule has 0 saturated carbocycles. The number of nitrogens with zero attached hydrogens (tertiary/aromatic N) is 1. The van der Waals surface area contributed by atoms with Crippen molar-refractivity contribution in [2.75, 3.05) is 13.2 Å². The quantitative estimate of drug-likeness (QED) is 0.871. The Balaban J connectivity index is 1.72. The van der Waals surface area contributed by atoms with Gasteiger partial charge in [-0.05, 0) is 23.6 Å². The summed E-state index contributed by atoms with van der Waals surface area (Å²) in [5.74, 6) is -0.558. The Labute approximate surface area is 141 Å². The predicted molar refractivity (Wildman–Crippen MR) is 90.2 cm³/mol. The fourth-order valence-corrected chi connectivity index (χ4v) is 3.00. The molecule has 1 aliphatic rings. The highest BCUT2D eigenvalue weighted by atomic mass is 16.5. The normalized spacial score (nSPS) is 15.9. The number of primary amides is 1. The number of carbonyl (C=O) groups is 2. The molecule has 0 spiro atoms. The van der Waals surface area contributed by atoms with E-state index in [9.17, 15) is 9.59 Å². The molecule has 0 radical (unpaired) electrons. The molecule has 124 valence electrons. The summed E-state index contributed by atoms with van der Waals surface area (Å²) in [6, 6.07) is 17.5. The summed E-state index contributed by atoms with van der Waals surface area (Å²) in [5.41, 5.74) is 7.30. The zero-order valence-corrected chi connectivity index (χ0v) is 13.4. The van der Waals surface area contributed by atoms with Gasteiger partial charge in [0.15, 0.2) is 0 Å². The minimum atomic E-state index is -0.928. The standard InChI is InChI=1S/C19H20N2O3/c20-18(22)19(23)21(11-14-6-2-1-3-7-14)12-15-10-16-8-4-5-9-17(16)24-13-15/h1-9,15H,10-13H2,(H2,20,22). The van der Waals surface area contributed by atoms with Crippen molar-refractivity contribution in [1.29, 1.82) is 0 Å². The first-order chi connectivity index (χ1) is 11.6. The Bertz CT molecular complexity index is 730. The largest absolute Gasteiger partial charge is 0.493 e. The number of fused-ring (bicyclic) bond motifs is 1. The Kier molecular flexibility index (Phi) is 4.79. The summed E-state index contributed by atoms with van der Waals surface area (Å²) in [7, 11) is 0. The molecule has 1 atom stereocenters. The second kappa shape index (κ2) is 7.17. The summed E-state index contributed by atoms with van der Waals surface area (Å²) in [4.78, 5) is 25.1. The van der Waals surface area contributed by atoms with Gasteiger partial charge in [0, 0.05) is 19.0 Å². The molecule has 1 aliphatic heterocycles. The first-order valence-electron chi connectivity index (χ1n) is 7.97. The average Bonchev–Trinajstić information content (AvgIpc) is 2.61. The van der Waals surface area contributed by atoms with Gasteiger partial charge < -0.3 is 15.4 Å². The molecule has 2 aromatic carbocycles. The van der Waals surface area contributed by atoms with Gasteiger partial charge in [0.1, 0.15) is 5.75 Å². The number of hydrogen-bond donors (Lipinski definition) is 1. The molecule has 0 aliphatic carbocycles. The van der Waals surface area contributed by atoms with Crippen molar-refractivity contribution in [3.8, 4) is 5.75 Å². The first kappa shape index (κ1) is 16.1. The summed E-state index contributed by atoms with van der Waals surface area (Å²) >= 11 is 0. The van der Waals surface area contributed by atoms with E-state index in [2.05, 4.69) is 0 Å². The highest BCUT2D eigenvalue weighted by molar-refractivity contribution is 6.34. The number of hydrogen-bond acceptors (Lipinski definition) is 3. The maximum Gasteiger partial charge on any atom is 0.311 e. The van der Waals surface area contributed by atoms with Crippen molar-refractivity contribution < 1.29 is 14.3 Å². The topological polar surface area (TPSA) is 72.6 Å². The molecule has 24 heavy (non-hydrogen) atoms. The highest BCUT2D eigenvalue weighted by Gasteiger charge is 2.26. The Morgan fingerprint density at radius 3 is 2.54 bits per heavy atom. The van der Waals surface area contributed by atoms with E-state index in [0.29, 0.717) is 19.7 Å². The number of amides is 2. The number of carbonyl (C=O) groups excluding carboxylic acids is 2. The number of nitrogens with two attached hydrogens (primary N) is 1. The lowest BCUT2D eigenvalue weighted by Gasteiger charge is -2.30. The molecule has 1 unspecified atom stereocenters. The van der Waals surface area contributed by atoms with Crippen LogP contribution in [0.3, 0.4) is 0 Å². The maximum atomic E-state index is 12.2. The molecule has 3 rings (SSSR count). The van der Waals surface area contributed by atoms with E-state index < -0.39 is 11.8 Å². The van der Waals surface area contributed by atoms with Crippen molar-refractivity contribution in [1.82, 2.24) is 4.90 Å². The predicted octanol–water partition coefficient (Wildman–Crippen LogP) is 1.75. The smallest absolute Gasteiger partial charge is 0.311 e. The van der Waals surface area contributed by atoms with Gasteiger partial charge >= 0.3 is 11.8 Å². The zero-order valence-electron chi connectivity index (χ0n) is 13.4. The lowest BCUT2D eigenvalue weighted by atomic mass is 9.96. The molecule has 0 saturated heterocycles. The van der Waals surface area contributed by atoms with E-state index in [1.54, 1.807) is 0 Å². The SMILES string of the molecule is NC(=O)C(=O)N(Cc1ccccc1)CC1COc2ccccc2C1. The number of ether oxygens (including phenoxy) is 1. The van der Waals surface area contributed by atoms with Gasteiger partial charge in [-0.25, -0.2) is 0 Å². The van der Waals surface area contributed by atoms with Gasteiger partial charge in [-0.15, -0.1) is 0 Å². The molecule has 5 nitrogen and oxygen atoms in total. The van der Waals surface area contributed by atoms with Crippen LogP contribution in [0.1, 0.15) is 11.1 Å². The average molecular weight is 324 g/mol. The van der Waals surface area contributed by atoms with Crippen molar-refractivity contribution >= 4 is 11.8 Å². The molecule has 0 aromatic heterocycles. The molecule has 2 amide bonds. The van der Waals surface area contributed by atoms with E-state index in [1.807, 2.05) is 54.6 Å². The summed E-state index contributed by atoms with van der Waals surface area (Å²) in [6.07, 6.45) is 0.813. The highest BCUT2D eigenvalue weighted by Crippen LogP contribution is 2.27. The summed E-state index contributed by atoms with van der Waals surface area (Å²) in [6.45, 7) is 1.32. The third kappa shape index (κ3) is 3.74. The van der Waals surface area contributed by atoms with Crippen LogP contribution in [-0.4, -0.2) is 29.9 Å². The fourth-order valence-electron chi connectivity index (χ4n) is 3.00. The van der Waals surface area contributed by atoms with Gasteiger partial charge in [0.2, 0.25) is 0 Å². The third-order valence-electron chi connectivity index (χ3n) is 4.15. The van der Waals surface area contributed by atoms with Crippen molar-refractivity contribution in [2.45, 2.75) is 13.0 Å². The summed E-state index contributed by atoms with van der Waals surface area (Å²) in [5, 5.41) is 0. The van der Waals surface area contributed by atoms with Crippen LogP contribution in [-0.2, 0) is 22.6 Å². The van der Waals surface area contributed by atoms with Gasteiger partial charge in [0.05, 0.1) is 6.61 Å². The number of rotatable bonds is 4.